The maximum atomic E-state index is 13.2. The van der Waals surface area contributed by atoms with E-state index in [1.165, 1.54) is 18.2 Å². The summed E-state index contributed by atoms with van der Waals surface area (Å²) in [7, 11) is 1.59. The van der Waals surface area contributed by atoms with Crippen molar-refractivity contribution in [3.63, 3.8) is 0 Å². The summed E-state index contributed by atoms with van der Waals surface area (Å²) in [6.07, 6.45) is 0.150. The van der Waals surface area contributed by atoms with Gasteiger partial charge in [0.25, 0.3) is 0 Å². The first-order chi connectivity index (χ1) is 12.5. The molecule has 136 valence electrons. The van der Waals surface area contributed by atoms with Crippen LogP contribution in [0.2, 0.25) is 5.02 Å². The highest BCUT2D eigenvalue weighted by atomic mass is 35.5. The standard InChI is InChI=1S/C19H18ClFN2O3/c1-26-15-5-2-12(3-6-15)10-23-11-13(8-18(23)24)19(25)22-14-4-7-17(21)16(20)9-14/h2-7,9,13H,8,10-11H2,1H3,(H,22,25). The first-order valence-electron chi connectivity index (χ1n) is 8.13. The van der Waals surface area contributed by atoms with E-state index in [9.17, 15) is 14.0 Å². The molecule has 1 unspecified atom stereocenters. The Hall–Kier alpha value is -2.60. The highest BCUT2D eigenvalue weighted by Crippen LogP contribution is 2.24. The molecule has 2 aromatic rings. The van der Waals surface area contributed by atoms with Crippen LogP contribution in [0, 0.1) is 11.7 Å². The maximum Gasteiger partial charge on any atom is 0.229 e. The van der Waals surface area contributed by atoms with Crippen LogP contribution in [0.3, 0.4) is 0 Å². The number of carbonyl (C=O) groups is 2. The second-order valence-electron chi connectivity index (χ2n) is 6.14. The molecule has 1 N–H and O–H groups in total. The number of hydrogen-bond acceptors (Lipinski definition) is 3. The fourth-order valence-corrected chi connectivity index (χ4v) is 3.05. The molecule has 1 fully saturated rings. The predicted molar refractivity (Wildman–Crippen MR) is 96.6 cm³/mol. The van der Waals surface area contributed by atoms with E-state index in [0.29, 0.717) is 18.8 Å². The molecule has 0 aliphatic carbocycles. The fourth-order valence-electron chi connectivity index (χ4n) is 2.87. The number of benzene rings is 2. The average Bonchev–Trinajstić information content (AvgIpc) is 3.00. The number of anilines is 1. The first-order valence-corrected chi connectivity index (χ1v) is 8.50. The van der Waals surface area contributed by atoms with Crippen LogP contribution in [-0.2, 0) is 16.1 Å². The molecule has 2 aromatic carbocycles. The number of halogens is 2. The lowest BCUT2D eigenvalue weighted by Gasteiger charge is -2.17. The molecule has 0 saturated carbocycles. The summed E-state index contributed by atoms with van der Waals surface area (Å²) >= 11 is 5.72. The smallest absolute Gasteiger partial charge is 0.229 e. The monoisotopic (exact) mass is 376 g/mol. The van der Waals surface area contributed by atoms with Gasteiger partial charge in [-0.1, -0.05) is 23.7 Å². The molecule has 0 bridgehead atoms. The van der Waals surface area contributed by atoms with E-state index >= 15 is 0 Å². The van der Waals surface area contributed by atoms with Crippen LogP contribution in [-0.4, -0.2) is 30.4 Å². The van der Waals surface area contributed by atoms with Gasteiger partial charge in [-0.3, -0.25) is 9.59 Å². The van der Waals surface area contributed by atoms with Gasteiger partial charge in [0, 0.05) is 25.2 Å². The largest absolute Gasteiger partial charge is 0.497 e. The number of carbonyl (C=O) groups excluding carboxylic acids is 2. The average molecular weight is 377 g/mol. The Morgan fingerprint density at radius 1 is 1.31 bits per heavy atom. The van der Waals surface area contributed by atoms with E-state index in [0.717, 1.165) is 11.3 Å². The zero-order valence-corrected chi connectivity index (χ0v) is 14.9. The van der Waals surface area contributed by atoms with E-state index < -0.39 is 11.7 Å². The minimum absolute atomic E-state index is 0.0635. The molecular formula is C19H18ClFN2O3. The number of amides is 2. The second-order valence-corrected chi connectivity index (χ2v) is 6.55. The van der Waals surface area contributed by atoms with Gasteiger partial charge in [0.05, 0.1) is 18.1 Å². The van der Waals surface area contributed by atoms with E-state index in [-0.39, 0.29) is 23.3 Å². The number of nitrogens with one attached hydrogen (secondary N) is 1. The van der Waals surface area contributed by atoms with Crippen molar-refractivity contribution in [2.24, 2.45) is 5.92 Å². The Labute approximate surface area is 155 Å². The van der Waals surface area contributed by atoms with Crippen LogP contribution < -0.4 is 10.1 Å². The van der Waals surface area contributed by atoms with Gasteiger partial charge in [-0.2, -0.15) is 0 Å². The minimum atomic E-state index is -0.550. The summed E-state index contributed by atoms with van der Waals surface area (Å²) in [5.41, 5.74) is 1.37. The maximum absolute atomic E-state index is 13.2. The quantitative estimate of drug-likeness (QED) is 0.869. The zero-order valence-electron chi connectivity index (χ0n) is 14.2. The third-order valence-electron chi connectivity index (χ3n) is 4.30. The highest BCUT2D eigenvalue weighted by Gasteiger charge is 2.34. The van der Waals surface area contributed by atoms with E-state index in [1.807, 2.05) is 24.3 Å². The highest BCUT2D eigenvalue weighted by molar-refractivity contribution is 6.31. The molecule has 1 aliphatic rings. The normalized spacial score (nSPS) is 16.7. The molecule has 0 aromatic heterocycles. The molecule has 1 aliphatic heterocycles. The zero-order chi connectivity index (χ0) is 18.7. The number of likely N-dealkylation sites (tertiary alicyclic amines) is 1. The van der Waals surface area contributed by atoms with Crippen molar-refractivity contribution in [3.05, 3.63) is 58.9 Å². The summed E-state index contributed by atoms with van der Waals surface area (Å²) in [5, 5.41) is 2.62. The molecule has 5 nitrogen and oxygen atoms in total. The Balaban J connectivity index is 1.60. The van der Waals surface area contributed by atoms with Gasteiger partial charge in [0.15, 0.2) is 0 Å². The second kappa shape index (κ2) is 7.74. The van der Waals surface area contributed by atoms with E-state index in [2.05, 4.69) is 5.32 Å². The summed E-state index contributed by atoms with van der Waals surface area (Å²) in [5.74, 6) is -0.607. The van der Waals surface area contributed by atoms with E-state index in [1.54, 1.807) is 12.0 Å². The molecular weight excluding hydrogens is 359 g/mol. The van der Waals surface area contributed by atoms with Gasteiger partial charge in [-0.25, -0.2) is 4.39 Å². The van der Waals surface area contributed by atoms with Gasteiger partial charge in [-0.05, 0) is 35.9 Å². The van der Waals surface area contributed by atoms with Gasteiger partial charge >= 0.3 is 0 Å². The molecule has 0 spiro atoms. The van der Waals surface area contributed by atoms with Crippen molar-refractivity contribution in [1.82, 2.24) is 4.90 Å². The molecule has 1 atom stereocenters. The lowest BCUT2D eigenvalue weighted by atomic mass is 10.1. The Kier molecular flexibility index (Phi) is 5.42. The van der Waals surface area contributed by atoms with Crippen LogP contribution >= 0.6 is 11.6 Å². The lowest BCUT2D eigenvalue weighted by molar-refractivity contribution is -0.128. The number of rotatable bonds is 5. The van der Waals surface area contributed by atoms with Crippen molar-refractivity contribution in [2.45, 2.75) is 13.0 Å². The van der Waals surface area contributed by atoms with Crippen LogP contribution in [0.5, 0.6) is 5.75 Å². The van der Waals surface area contributed by atoms with Gasteiger partial charge in [0.1, 0.15) is 11.6 Å². The van der Waals surface area contributed by atoms with Crippen LogP contribution in [0.25, 0.3) is 0 Å². The van der Waals surface area contributed by atoms with Gasteiger partial charge in [0.2, 0.25) is 11.8 Å². The Morgan fingerprint density at radius 3 is 2.69 bits per heavy atom. The third-order valence-corrected chi connectivity index (χ3v) is 4.59. The molecule has 3 rings (SSSR count). The molecule has 26 heavy (non-hydrogen) atoms. The molecule has 2 amide bonds. The lowest BCUT2D eigenvalue weighted by Crippen LogP contribution is -2.28. The summed E-state index contributed by atoms with van der Waals surface area (Å²) < 4.78 is 18.3. The Morgan fingerprint density at radius 2 is 2.04 bits per heavy atom. The van der Waals surface area contributed by atoms with Crippen molar-refractivity contribution in [2.75, 3.05) is 19.0 Å². The van der Waals surface area contributed by atoms with Crippen molar-refractivity contribution in [3.8, 4) is 5.75 Å². The topological polar surface area (TPSA) is 58.6 Å². The minimum Gasteiger partial charge on any atom is -0.497 e. The fraction of sp³-hybridized carbons (Fsp3) is 0.263. The van der Waals surface area contributed by atoms with Gasteiger partial charge < -0.3 is 15.0 Å². The summed E-state index contributed by atoms with van der Waals surface area (Å²) in [6, 6.07) is 11.4. The summed E-state index contributed by atoms with van der Waals surface area (Å²) in [6.45, 7) is 0.778. The SMILES string of the molecule is COc1ccc(CN2CC(C(=O)Nc3ccc(F)c(Cl)c3)CC2=O)cc1. The molecule has 1 heterocycles. The molecule has 1 saturated heterocycles. The number of methoxy groups -OCH3 is 1. The summed E-state index contributed by atoms with van der Waals surface area (Å²) in [4.78, 5) is 26.3. The van der Waals surface area contributed by atoms with Crippen molar-refractivity contribution < 1.29 is 18.7 Å². The third kappa shape index (κ3) is 4.14. The Bertz CT molecular complexity index is 826. The molecule has 7 heteroatoms. The molecule has 0 radical (unpaired) electrons. The number of ether oxygens (including phenoxy) is 1. The van der Waals surface area contributed by atoms with Crippen molar-refractivity contribution >= 4 is 29.1 Å². The van der Waals surface area contributed by atoms with Crippen LogP contribution in [0.1, 0.15) is 12.0 Å². The van der Waals surface area contributed by atoms with Gasteiger partial charge in [-0.15, -0.1) is 0 Å². The first kappa shape index (κ1) is 18.2. The number of nitrogens with zero attached hydrogens (tertiary/aromatic N) is 1. The van der Waals surface area contributed by atoms with Crippen LogP contribution in [0.15, 0.2) is 42.5 Å². The van der Waals surface area contributed by atoms with Crippen LogP contribution in [0.4, 0.5) is 10.1 Å². The predicted octanol–water partition coefficient (Wildman–Crippen LogP) is 3.47. The number of hydrogen-bond donors (Lipinski definition) is 1. The van der Waals surface area contributed by atoms with E-state index in [4.69, 9.17) is 16.3 Å². The van der Waals surface area contributed by atoms with Crippen molar-refractivity contribution in [1.29, 1.82) is 0 Å².